The molecule has 0 fully saturated rings. The third-order valence-electron chi connectivity index (χ3n) is 2.93. The summed E-state index contributed by atoms with van der Waals surface area (Å²) in [6.45, 7) is 2.43. The maximum Gasteiger partial charge on any atom is 0.266 e. The number of rotatable bonds is 5. The van der Waals surface area contributed by atoms with Crippen LogP contribution in [0.1, 0.15) is 12.5 Å². The van der Waals surface area contributed by atoms with Crippen molar-refractivity contribution < 1.29 is 9.53 Å². The molecule has 0 aliphatic carbocycles. The van der Waals surface area contributed by atoms with Crippen LogP contribution in [0.15, 0.2) is 58.6 Å². The molecule has 0 radical (unpaired) electrons. The van der Waals surface area contributed by atoms with E-state index in [0.717, 1.165) is 10.0 Å². The fourth-order valence-electron chi connectivity index (χ4n) is 1.94. The zero-order valence-electron chi connectivity index (χ0n) is 12.5. The fourth-order valence-corrected chi connectivity index (χ4v) is 2.36. The van der Waals surface area contributed by atoms with E-state index in [-0.39, 0.29) is 5.57 Å². The smallest absolute Gasteiger partial charge is 0.266 e. The summed E-state index contributed by atoms with van der Waals surface area (Å²) in [6, 6.07) is 16.4. The first-order chi connectivity index (χ1) is 11.1. The molecule has 2 aromatic rings. The Morgan fingerprint density at radius 1 is 1.30 bits per heavy atom. The highest BCUT2D eigenvalue weighted by Gasteiger charge is 2.10. The number of nitriles is 1. The van der Waals surface area contributed by atoms with E-state index in [9.17, 15) is 10.1 Å². The molecule has 23 heavy (non-hydrogen) atoms. The van der Waals surface area contributed by atoms with Gasteiger partial charge in [0.05, 0.1) is 6.61 Å². The van der Waals surface area contributed by atoms with Gasteiger partial charge in [-0.2, -0.15) is 5.26 Å². The molecule has 0 unspecified atom stereocenters. The minimum absolute atomic E-state index is 0.0323. The van der Waals surface area contributed by atoms with Crippen LogP contribution in [0.2, 0.25) is 0 Å². The normalized spacial score (nSPS) is 10.7. The van der Waals surface area contributed by atoms with Gasteiger partial charge in [0, 0.05) is 16.2 Å². The molecule has 1 amide bonds. The van der Waals surface area contributed by atoms with Crippen molar-refractivity contribution in [3.05, 3.63) is 64.1 Å². The molecular formula is C18H15BrN2O2. The summed E-state index contributed by atoms with van der Waals surface area (Å²) in [5.41, 5.74) is 1.38. The van der Waals surface area contributed by atoms with Crippen molar-refractivity contribution in [3.63, 3.8) is 0 Å². The Morgan fingerprint density at radius 2 is 2.09 bits per heavy atom. The van der Waals surface area contributed by atoms with Crippen molar-refractivity contribution >= 4 is 33.6 Å². The van der Waals surface area contributed by atoms with E-state index in [2.05, 4.69) is 21.2 Å². The van der Waals surface area contributed by atoms with Crippen LogP contribution < -0.4 is 10.1 Å². The summed E-state index contributed by atoms with van der Waals surface area (Å²) in [4.78, 5) is 12.2. The number of ether oxygens (including phenoxy) is 1. The summed E-state index contributed by atoms with van der Waals surface area (Å²) in [5.74, 6) is 0.209. The summed E-state index contributed by atoms with van der Waals surface area (Å²) in [7, 11) is 0. The Morgan fingerprint density at radius 3 is 2.78 bits per heavy atom. The molecule has 0 aliphatic rings. The van der Waals surface area contributed by atoms with Gasteiger partial charge in [0.2, 0.25) is 0 Å². The standard InChI is InChI=1S/C18H15BrN2O2/c1-2-23-17-8-4-7-16(11-17)21-18(22)14(12-20)9-13-5-3-6-15(19)10-13/h3-11H,2H2,1H3,(H,21,22)/b14-9+. The lowest BCUT2D eigenvalue weighted by Gasteiger charge is -2.07. The van der Waals surface area contributed by atoms with Gasteiger partial charge in [-0.05, 0) is 42.8 Å². The average Bonchev–Trinajstić information content (AvgIpc) is 2.53. The van der Waals surface area contributed by atoms with E-state index in [0.29, 0.717) is 18.0 Å². The van der Waals surface area contributed by atoms with Gasteiger partial charge < -0.3 is 10.1 Å². The fraction of sp³-hybridized carbons (Fsp3) is 0.111. The molecule has 5 heteroatoms. The number of carbonyl (C=O) groups is 1. The highest BCUT2D eigenvalue weighted by molar-refractivity contribution is 9.10. The minimum Gasteiger partial charge on any atom is -0.494 e. The molecule has 2 aromatic carbocycles. The average molecular weight is 371 g/mol. The third kappa shape index (κ3) is 4.97. The largest absolute Gasteiger partial charge is 0.494 e. The Kier molecular flexibility index (Phi) is 5.95. The molecule has 4 nitrogen and oxygen atoms in total. The van der Waals surface area contributed by atoms with Crippen molar-refractivity contribution in [2.45, 2.75) is 6.92 Å². The Balaban J connectivity index is 2.18. The van der Waals surface area contributed by atoms with E-state index in [4.69, 9.17) is 4.74 Å². The summed E-state index contributed by atoms with van der Waals surface area (Å²) in [6.07, 6.45) is 1.55. The van der Waals surface area contributed by atoms with Crippen LogP contribution in [0.25, 0.3) is 6.08 Å². The van der Waals surface area contributed by atoms with E-state index < -0.39 is 5.91 Å². The van der Waals surface area contributed by atoms with E-state index in [1.165, 1.54) is 0 Å². The van der Waals surface area contributed by atoms with Crippen LogP contribution in [0, 0.1) is 11.3 Å². The predicted molar refractivity (Wildman–Crippen MR) is 94.0 cm³/mol. The lowest BCUT2D eigenvalue weighted by Crippen LogP contribution is -2.13. The number of benzene rings is 2. The van der Waals surface area contributed by atoms with Crippen molar-refractivity contribution in [3.8, 4) is 11.8 Å². The number of nitrogens with one attached hydrogen (secondary N) is 1. The van der Waals surface area contributed by atoms with Gasteiger partial charge in [-0.3, -0.25) is 4.79 Å². The lowest BCUT2D eigenvalue weighted by atomic mass is 10.1. The first-order valence-electron chi connectivity index (χ1n) is 7.04. The van der Waals surface area contributed by atoms with E-state index in [1.54, 1.807) is 24.3 Å². The van der Waals surface area contributed by atoms with Gasteiger partial charge >= 0.3 is 0 Å². The van der Waals surface area contributed by atoms with Crippen molar-refractivity contribution in [2.24, 2.45) is 0 Å². The van der Waals surface area contributed by atoms with Gasteiger partial charge in [-0.25, -0.2) is 0 Å². The maximum absolute atomic E-state index is 12.2. The van der Waals surface area contributed by atoms with Crippen LogP contribution in [0.4, 0.5) is 5.69 Å². The van der Waals surface area contributed by atoms with Crippen molar-refractivity contribution in [1.82, 2.24) is 0 Å². The number of hydrogen-bond acceptors (Lipinski definition) is 3. The summed E-state index contributed by atoms with van der Waals surface area (Å²) >= 11 is 3.36. The number of amides is 1. The second-order valence-corrected chi connectivity index (χ2v) is 5.56. The van der Waals surface area contributed by atoms with Gasteiger partial charge in [0.15, 0.2) is 0 Å². The van der Waals surface area contributed by atoms with Gasteiger partial charge in [-0.15, -0.1) is 0 Å². The quantitative estimate of drug-likeness (QED) is 0.626. The van der Waals surface area contributed by atoms with Crippen LogP contribution in [0.3, 0.4) is 0 Å². The van der Waals surface area contributed by atoms with E-state index in [1.807, 2.05) is 43.3 Å². The number of carbonyl (C=O) groups excluding carboxylic acids is 1. The Hall–Kier alpha value is -2.58. The van der Waals surface area contributed by atoms with Gasteiger partial charge in [0.25, 0.3) is 5.91 Å². The van der Waals surface area contributed by atoms with Crippen LogP contribution >= 0.6 is 15.9 Å². The molecule has 0 saturated heterocycles. The maximum atomic E-state index is 12.2. The van der Waals surface area contributed by atoms with Crippen molar-refractivity contribution in [2.75, 3.05) is 11.9 Å². The van der Waals surface area contributed by atoms with Crippen LogP contribution in [-0.4, -0.2) is 12.5 Å². The van der Waals surface area contributed by atoms with Crippen LogP contribution in [-0.2, 0) is 4.79 Å². The zero-order valence-corrected chi connectivity index (χ0v) is 14.1. The summed E-state index contributed by atoms with van der Waals surface area (Å²) < 4.78 is 6.27. The number of anilines is 1. The molecule has 0 bridgehead atoms. The third-order valence-corrected chi connectivity index (χ3v) is 3.42. The second kappa shape index (κ2) is 8.16. The lowest BCUT2D eigenvalue weighted by molar-refractivity contribution is -0.112. The topological polar surface area (TPSA) is 62.1 Å². The molecule has 2 rings (SSSR count). The van der Waals surface area contributed by atoms with Gasteiger partial charge in [-0.1, -0.05) is 34.1 Å². The molecule has 0 saturated carbocycles. The summed E-state index contributed by atoms with van der Waals surface area (Å²) in [5, 5.41) is 11.9. The van der Waals surface area contributed by atoms with Gasteiger partial charge in [0.1, 0.15) is 17.4 Å². The van der Waals surface area contributed by atoms with Crippen LogP contribution in [0.5, 0.6) is 5.75 Å². The number of nitrogens with zero attached hydrogens (tertiary/aromatic N) is 1. The Labute approximate surface area is 143 Å². The highest BCUT2D eigenvalue weighted by Crippen LogP contribution is 2.19. The molecule has 0 atom stereocenters. The highest BCUT2D eigenvalue weighted by atomic mass is 79.9. The first kappa shape index (κ1) is 16.8. The zero-order chi connectivity index (χ0) is 16.7. The molecule has 116 valence electrons. The number of hydrogen-bond donors (Lipinski definition) is 1. The molecule has 0 aromatic heterocycles. The SMILES string of the molecule is CCOc1cccc(NC(=O)/C(C#N)=C/c2cccc(Br)c2)c1. The molecular weight excluding hydrogens is 356 g/mol. The molecule has 0 spiro atoms. The van der Waals surface area contributed by atoms with E-state index >= 15 is 0 Å². The monoisotopic (exact) mass is 370 g/mol. The molecule has 0 heterocycles. The predicted octanol–water partition coefficient (Wildman–Crippen LogP) is 4.39. The second-order valence-electron chi connectivity index (χ2n) is 4.64. The first-order valence-corrected chi connectivity index (χ1v) is 7.83. The molecule has 1 N–H and O–H groups in total. The molecule has 0 aliphatic heterocycles. The minimum atomic E-state index is -0.457. The number of halogens is 1. The van der Waals surface area contributed by atoms with Crippen molar-refractivity contribution in [1.29, 1.82) is 5.26 Å². The Bertz CT molecular complexity index is 779.